The molecule has 5 nitrogen and oxygen atoms in total. The summed E-state index contributed by atoms with van der Waals surface area (Å²) in [6.07, 6.45) is 2.55. The predicted octanol–water partition coefficient (Wildman–Crippen LogP) is 5.83. The van der Waals surface area contributed by atoms with Gasteiger partial charge < -0.3 is 24.1 Å². The van der Waals surface area contributed by atoms with E-state index in [0.29, 0.717) is 27.0 Å². The molecular weight excluding hydrogens is 460 g/mol. The summed E-state index contributed by atoms with van der Waals surface area (Å²) in [6, 6.07) is 8.77. The third-order valence-electron chi connectivity index (χ3n) is 5.75. The Bertz CT molecular complexity index is 1100. The number of aromatic amines is 1. The van der Waals surface area contributed by atoms with Crippen molar-refractivity contribution in [2.45, 2.75) is 11.3 Å². The normalized spacial score (nSPS) is 17.5. The highest BCUT2D eigenvalue weighted by Gasteiger charge is 2.48. The van der Waals surface area contributed by atoms with Crippen molar-refractivity contribution in [3.8, 4) is 5.75 Å². The molecule has 0 amide bonds. The number of hydrogen-bond acceptors (Lipinski definition) is 5. The number of anilines is 1. The van der Waals surface area contributed by atoms with Crippen molar-refractivity contribution in [3.63, 3.8) is 0 Å². The van der Waals surface area contributed by atoms with E-state index in [-0.39, 0.29) is 11.6 Å². The SMILES string of the molecule is Fc1c(OCCCN2CC3(COC3)C2)cccc1SNc1ccc(Cl)c2c(Cl)c[nH]c12. The van der Waals surface area contributed by atoms with Gasteiger partial charge in [-0.05, 0) is 42.6 Å². The second-order valence-electron chi connectivity index (χ2n) is 8.16. The largest absolute Gasteiger partial charge is 0.490 e. The maximum Gasteiger partial charge on any atom is 0.180 e. The van der Waals surface area contributed by atoms with Crippen molar-refractivity contribution in [1.29, 1.82) is 0 Å². The Morgan fingerprint density at radius 3 is 2.81 bits per heavy atom. The molecular formula is C22H22Cl2FN3O2S. The number of benzene rings is 2. The van der Waals surface area contributed by atoms with Gasteiger partial charge in [0.2, 0.25) is 0 Å². The van der Waals surface area contributed by atoms with Gasteiger partial charge in [-0.1, -0.05) is 29.3 Å². The molecule has 0 bridgehead atoms. The topological polar surface area (TPSA) is 49.5 Å². The lowest BCUT2D eigenvalue weighted by molar-refractivity contribution is -0.189. The van der Waals surface area contributed by atoms with Crippen molar-refractivity contribution in [2.75, 3.05) is 44.2 Å². The number of H-pyrrole nitrogens is 1. The lowest BCUT2D eigenvalue weighted by atomic mass is 9.78. The Balaban J connectivity index is 1.16. The maximum atomic E-state index is 14.9. The molecule has 0 atom stereocenters. The summed E-state index contributed by atoms with van der Waals surface area (Å²) < 4.78 is 29.1. The van der Waals surface area contributed by atoms with Crippen molar-refractivity contribution in [3.05, 3.63) is 52.4 Å². The van der Waals surface area contributed by atoms with Gasteiger partial charge in [0.15, 0.2) is 11.6 Å². The van der Waals surface area contributed by atoms with E-state index in [1.165, 1.54) is 11.9 Å². The average Bonchev–Trinajstić information content (AvgIpc) is 3.09. The van der Waals surface area contributed by atoms with E-state index in [2.05, 4.69) is 14.6 Å². The Kier molecular flexibility index (Phi) is 5.96. The molecule has 0 radical (unpaired) electrons. The molecule has 5 rings (SSSR count). The molecule has 3 heterocycles. The van der Waals surface area contributed by atoms with Crippen LogP contribution in [0.1, 0.15) is 6.42 Å². The molecule has 1 aromatic heterocycles. The molecule has 2 aliphatic heterocycles. The van der Waals surface area contributed by atoms with Gasteiger partial charge in [-0.25, -0.2) is 4.39 Å². The lowest BCUT2D eigenvalue weighted by Crippen LogP contribution is -2.65. The van der Waals surface area contributed by atoms with Crippen LogP contribution in [0.15, 0.2) is 41.4 Å². The van der Waals surface area contributed by atoms with Crippen LogP contribution in [-0.4, -0.2) is 49.3 Å². The van der Waals surface area contributed by atoms with Crippen LogP contribution >= 0.6 is 35.1 Å². The summed E-state index contributed by atoms with van der Waals surface area (Å²) in [7, 11) is 0. The quantitative estimate of drug-likeness (QED) is 0.312. The molecule has 3 aromatic rings. The van der Waals surface area contributed by atoms with Gasteiger partial charge in [-0.15, -0.1) is 0 Å². The summed E-state index contributed by atoms with van der Waals surface area (Å²) in [4.78, 5) is 5.96. The highest BCUT2D eigenvalue weighted by atomic mass is 35.5. The first-order chi connectivity index (χ1) is 15.0. The summed E-state index contributed by atoms with van der Waals surface area (Å²) in [6.45, 7) is 5.43. The van der Waals surface area contributed by atoms with E-state index in [1.54, 1.807) is 30.5 Å². The number of nitrogens with zero attached hydrogens (tertiary/aromatic N) is 1. The zero-order valence-electron chi connectivity index (χ0n) is 16.7. The summed E-state index contributed by atoms with van der Waals surface area (Å²) in [5.41, 5.74) is 1.97. The molecule has 9 heteroatoms. The Morgan fingerprint density at radius 1 is 1.19 bits per heavy atom. The molecule has 0 aliphatic carbocycles. The predicted molar refractivity (Wildman–Crippen MR) is 124 cm³/mol. The van der Waals surface area contributed by atoms with Crippen molar-refractivity contribution in [2.24, 2.45) is 5.41 Å². The van der Waals surface area contributed by atoms with Crippen LogP contribution in [0.4, 0.5) is 10.1 Å². The average molecular weight is 482 g/mol. The van der Waals surface area contributed by atoms with Crippen molar-refractivity contribution in [1.82, 2.24) is 9.88 Å². The number of fused-ring (bicyclic) bond motifs is 1. The molecule has 2 aliphatic rings. The number of rotatable bonds is 8. The Morgan fingerprint density at radius 2 is 2.03 bits per heavy atom. The summed E-state index contributed by atoms with van der Waals surface area (Å²) in [5.74, 6) is -0.104. The fourth-order valence-electron chi connectivity index (χ4n) is 4.15. The number of nitrogens with one attached hydrogen (secondary N) is 2. The third kappa shape index (κ3) is 4.22. The van der Waals surface area contributed by atoms with Crippen LogP contribution in [-0.2, 0) is 4.74 Å². The smallest absolute Gasteiger partial charge is 0.180 e. The summed E-state index contributed by atoms with van der Waals surface area (Å²) >= 11 is 13.6. The zero-order chi connectivity index (χ0) is 21.4. The first-order valence-corrected chi connectivity index (χ1v) is 11.7. The molecule has 0 unspecified atom stereocenters. The Labute approximate surface area is 194 Å². The van der Waals surface area contributed by atoms with E-state index < -0.39 is 0 Å². The number of aromatic nitrogens is 1. The van der Waals surface area contributed by atoms with Crippen LogP contribution < -0.4 is 9.46 Å². The monoisotopic (exact) mass is 481 g/mol. The van der Waals surface area contributed by atoms with Gasteiger partial charge in [-0.3, -0.25) is 0 Å². The second-order valence-corrected chi connectivity index (χ2v) is 9.82. The van der Waals surface area contributed by atoms with Gasteiger partial charge >= 0.3 is 0 Å². The molecule has 2 aromatic carbocycles. The van der Waals surface area contributed by atoms with Crippen LogP contribution in [0.3, 0.4) is 0 Å². The van der Waals surface area contributed by atoms with E-state index in [9.17, 15) is 4.39 Å². The highest BCUT2D eigenvalue weighted by Crippen LogP contribution is 2.38. The maximum absolute atomic E-state index is 14.9. The number of ether oxygens (including phenoxy) is 2. The van der Waals surface area contributed by atoms with E-state index in [0.717, 1.165) is 55.9 Å². The van der Waals surface area contributed by atoms with Gasteiger partial charge in [-0.2, -0.15) is 0 Å². The van der Waals surface area contributed by atoms with Crippen LogP contribution in [0, 0.1) is 11.2 Å². The molecule has 2 fully saturated rings. The van der Waals surface area contributed by atoms with E-state index in [1.807, 2.05) is 6.07 Å². The molecule has 2 saturated heterocycles. The number of likely N-dealkylation sites (tertiary alicyclic amines) is 1. The number of halogens is 3. The van der Waals surface area contributed by atoms with E-state index in [4.69, 9.17) is 32.7 Å². The second kappa shape index (κ2) is 8.71. The van der Waals surface area contributed by atoms with Gasteiger partial charge in [0, 0.05) is 36.6 Å². The minimum Gasteiger partial charge on any atom is -0.490 e. The molecule has 164 valence electrons. The molecule has 0 saturated carbocycles. The zero-order valence-corrected chi connectivity index (χ0v) is 19.0. The van der Waals surface area contributed by atoms with Crippen LogP contribution in [0.5, 0.6) is 5.75 Å². The van der Waals surface area contributed by atoms with Gasteiger partial charge in [0.25, 0.3) is 0 Å². The highest BCUT2D eigenvalue weighted by molar-refractivity contribution is 8.00. The third-order valence-corrected chi connectivity index (χ3v) is 7.22. The fourth-order valence-corrected chi connectivity index (χ4v) is 5.43. The molecule has 31 heavy (non-hydrogen) atoms. The standard InChI is InChI=1S/C22H22Cl2FN3O2S/c23-14-5-6-16(21-19(14)15(24)9-26-21)27-31-18-4-1-3-17(20(18)25)30-8-2-7-28-10-22(11-28)12-29-13-22/h1,3-6,9,26-27H,2,7-8,10-13H2. The summed E-state index contributed by atoms with van der Waals surface area (Å²) in [5, 5.41) is 1.85. The van der Waals surface area contributed by atoms with Gasteiger partial charge in [0.1, 0.15) is 0 Å². The first-order valence-electron chi connectivity index (χ1n) is 10.1. The number of hydrogen-bond donors (Lipinski definition) is 2. The lowest BCUT2D eigenvalue weighted by Gasteiger charge is -2.55. The molecule has 2 N–H and O–H groups in total. The van der Waals surface area contributed by atoms with Crippen molar-refractivity contribution < 1.29 is 13.9 Å². The molecule has 1 spiro atoms. The van der Waals surface area contributed by atoms with Crippen LogP contribution in [0.2, 0.25) is 10.0 Å². The minimum atomic E-state index is -0.371. The van der Waals surface area contributed by atoms with Crippen molar-refractivity contribution >= 4 is 51.7 Å². The minimum absolute atomic E-state index is 0.267. The fraction of sp³-hybridized carbons (Fsp3) is 0.364. The Hall–Kier alpha value is -1.64. The van der Waals surface area contributed by atoms with Gasteiger partial charge in [0.05, 0.1) is 46.0 Å². The van der Waals surface area contributed by atoms with Crippen LogP contribution in [0.25, 0.3) is 10.9 Å². The van der Waals surface area contributed by atoms with E-state index >= 15 is 0 Å². The first kappa shape index (κ1) is 21.2.